The summed E-state index contributed by atoms with van der Waals surface area (Å²) in [4.78, 5) is 25.4. The molecule has 0 saturated carbocycles. The van der Waals surface area contributed by atoms with Gasteiger partial charge in [0.05, 0.1) is 18.5 Å². The van der Waals surface area contributed by atoms with Crippen LogP contribution in [0.2, 0.25) is 0 Å². The summed E-state index contributed by atoms with van der Waals surface area (Å²) >= 11 is 0. The second-order valence-electron chi connectivity index (χ2n) is 7.05. The number of methoxy groups -OCH3 is 1. The Labute approximate surface area is 182 Å². The fraction of sp³-hybridized carbons (Fsp3) is 0.227. The van der Waals surface area contributed by atoms with Gasteiger partial charge in [-0.3, -0.25) is 4.79 Å². The summed E-state index contributed by atoms with van der Waals surface area (Å²) < 4.78 is 48.9. The Hall–Kier alpha value is -3.82. The molecule has 7 nitrogen and oxygen atoms in total. The average molecular weight is 446 g/mol. The van der Waals surface area contributed by atoms with Crippen LogP contribution in [-0.4, -0.2) is 40.6 Å². The van der Waals surface area contributed by atoms with E-state index in [1.165, 1.54) is 22.9 Å². The normalized spacial score (nSPS) is 13.2. The van der Waals surface area contributed by atoms with Crippen molar-refractivity contribution in [2.24, 2.45) is 0 Å². The molecule has 0 radical (unpaired) electrons. The molecule has 0 aliphatic carbocycles. The van der Waals surface area contributed by atoms with Crippen LogP contribution in [0.4, 0.5) is 19.0 Å². The molecule has 32 heavy (non-hydrogen) atoms. The van der Waals surface area contributed by atoms with Crippen LogP contribution in [0.1, 0.15) is 21.6 Å². The zero-order valence-electron chi connectivity index (χ0n) is 17.5. The number of esters is 1. The minimum atomic E-state index is -5.27. The highest BCUT2D eigenvalue weighted by Crippen LogP contribution is 2.34. The predicted octanol–water partition coefficient (Wildman–Crippen LogP) is 3.76. The molecule has 0 aliphatic rings. The number of rotatable bonds is 6. The highest BCUT2D eigenvalue weighted by molar-refractivity contribution is 6.00. The highest BCUT2D eigenvalue weighted by Gasteiger charge is 2.64. The Morgan fingerprint density at radius 3 is 2.22 bits per heavy atom. The van der Waals surface area contributed by atoms with Gasteiger partial charge in [0.1, 0.15) is 5.82 Å². The van der Waals surface area contributed by atoms with Crippen molar-refractivity contribution in [1.29, 1.82) is 0 Å². The standard InChI is InChI=1S/C22H21F3N4O3/c1-14-9-7-8-12-17(14)19(30)27-21(20(31)32-3,22(23,24)25)26-18-13-15(2)28-29(18)16-10-5-4-6-11-16/h4-13,26H,1-3H3,(H,27,30). The molecule has 0 fully saturated rings. The molecule has 2 aromatic carbocycles. The highest BCUT2D eigenvalue weighted by atomic mass is 19.4. The number of nitrogens with one attached hydrogen (secondary N) is 2. The lowest BCUT2D eigenvalue weighted by Crippen LogP contribution is -2.69. The van der Waals surface area contributed by atoms with E-state index >= 15 is 0 Å². The van der Waals surface area contributed by atoms with E-state index < -0.39 is 23.7 Å². The van der Waals surface area contributed by atoms with Gasteiger partial charge in [-0.1, -0.05) is 36.4 Å². The Morgan fingerprint density at radius 1 is 1.00 bits per heavy atom. The van der Waals surface area contributed by atoms with Crippen molar-refractivity contribution in [1.82, 2.24) is 15.1 Å². The van der Waals surface area contributed by atoms with Crippen LogP contribution >= 0.6 is 0 Å². The average Bonchev–Trinajstić information content (AvgIpc) is 3.12. The van der Waals surface area contributed by atoms with E-state index in [2.05, 4.69) is 15.2 Å². The lowest BCUT2D eigenvalue weighted by atomic mass is 10.1. The molecule has 1 amide bonds. The van der Waals surface area contributed by atoms with E-state index in [9.17, 15) is 22.8 Å². The van der Waals surface area contributed by atoms with E-state index in [0.717, 1.165) is 7.11 Å². The number of carbonyl (C=O) groups is 2. The number of carbonyl (C=O) groups excluding carboxylic acids is 2. The molecule has 0 spiro atoms. The SMILES string of the molecule is COC(=O)C(NC(=O)c1ccccc1C)(Nc1cc(C)nn1-c1ccccc1)C(F)(F)F. The largest absolute Gasteiger partial charge is 0.466 e. The summed E-state index contributed by atoms with van der Waals surface area (Å²) in [7, 11) is 0.810. The van der Waals surface area contributed by atoms with Gasteiger partial charge < -0.3 is 15.4 Å². The fourth-order valence-electron chi connectivity index (χ4n) is 3.16. The zero-order valence-corrected chi connectivity index (χ0v) is 17.5. The summed E-state index contributed by atoms with van der Waals surface area (Å²) in [6.07, 6.45) is -5.27. The summed E-state index contributed by atoms with van der Waals surface area (Å²) in [6.45, 7) is 3.16. The van der Waals surface area contributed by atoms with Crippen molar-refractivity contribution in [3.8, 4) is 5.69 Å². The van der Waals surface area contributed by atoms with E-state index in [0.29, 0.717) is 16.9 Å². The van der Waals surface area contributed by atoms with Gasteiger partial charge in [0.2, 0.25) is 0 Å². The number of alkyl halides is 3. The van der Waals surface area contributed by atoms with Gasteiger partial charge in [0.25, 0.3) is 5.91 Å². The first-order valence-corrected chi connectivity index (χ1v) is 9.52. The van der Waals surface area contributed by atoms with Crippen molar-refractivity contribution >= 4 is 17.7 Å². The number of para-hydroxylation sites is 1. The Bertz CT molecular complexity index is 1130. The van der Waals surface area contributed by atoms with Gasteiger partial charge in [-0.15, -0.1) is 0 Å². The van der Waals surface area contributed by atoms with Crippen molar-refractivity contribution in [2.45, 2.75) is 25.7 Å². The van der Waals surface area contributed by atoms with Gasteiger partial charge in [0.15, 0.2) is 0 Å². The Morgan fingerprint density at radius 2 is 1.62 bits per heavy atom. The second-order valence-corrected chi connectivity index (χ2v) is 7.05. The molecule has 10 heteroatoms. The molecule has 1 aromatic heterocycles. The van der Waals surface area contributed by atoms with Crippen molar-refractivity contribution in [3.63, 3.8) is 0 Å². The maximum Gasteiger partial charge on any atom is 0.441 e. The molecule has 1 unspecified atom stereocenters. The summed E-state index contributed by atoms with van der Waals surface area (Å²) in [5, 5.41) is 8.19. The van der Waals surface area contributed by atoms with Crippen LogP contribution in [0.3, 0.4) is 0 Å². The van der Waals surface area contributed by atoms with E-state index in [-0.39, 0.29) is 11.4 Å². The lowest BCUT2D eigenvalue weighted by Gasteiger charge is -2.35. The Balaban J connectivity index is 2.12. The summed E-state index contributed by atoms with van der Waals surface area (Å²) in [5.74, 6) is -2.99. The molecule has 3 aromatic rings. The topological polar surface area (TPSA) is 85.2 Å². The predicted molar refractivity (Wildman–Crippen MR) is 111 cm³/mol. The number of hydrogen-bond donors (Lipinski definition) is 2. The van der Waals surface area contributed by atoms with Gasteiger partial charge in [-0.2, -0.15) is 18.3 Å². The third kappa shape index (κ3) is 4.29. The fourth-order valence-corrected chi connectivity index (χ4v) is 3.16. The van der Waals surface area contributed by atoms with E-state index in [1.54, 1.807) is 56.3 Å². The Kier molecular flexibility index (Phi) is 6.24. The molecule has 0 bridgehead atoms. The number of aryl methyl sites for hydroxylation is 2. The molecular formula is C22H21F3N4O3. The summed E-state index contributed by atoms with van der Waals surface area (Å²) in [6, 6.07) is 15.8. The first-order chi connectivity index (χ1) is 15.1. The molecule has 1 heterocycles. The molecule has 1 atom stereocenters. The number of aromatic nitrogens is 2. The number of halogens is 3. The van der Waals surface area contributed by atoms with Crippen LogP contribution in [0.25, 0.3) is 5.69 Å². The van der Waals surface area contributed by atoms with Gasteiger partial charge in [0, 0.05) is 11.6 Å². The van der Waals surface area contributed by atoms with Crippen molar-refractivity contribution in [3.05, 3.63) is 77.5 Å². The van der Waals surface area contributed by atoms with Gasteiger partial charge >= 0.3 is 17.8 Å². The van der Waals surface area contributed by atoms with E-state index in [1.807, 2.05) is 5.32 Å². The third-order valence-corrected chi connectivity index (χ3v) is 4.76. The van der Waals surface area contributed by atoms with Gasteiger partial charge in [-0.05, 0) is 37.6 Å². The van der Waals surface area contributed by atoms with E-state index in [4.69, 9.17) is 0 Å². The number of ether oxygens (including phenoxy) is 1. The minimum absolute atomic E-state index is 0.0143. The third-order valence-electron chi connectivity index (χ3n) is 4.76. The zero-order chi connectivity index (χ0) is 23.5. The molecular weight excluding hydrogens is 425 g/mol. The van der Waals surface area contributed by atoms with Crippen LogP contribution < -0.4 is 10.6 Å². The lowest BCUT2D eigenvalue weighted by molar-refractivity contribution is -0.203. The van der Waals surface area contributed by atoms with Gasteiger partial charge in [-0.25, -0.2) is 9.48 Å². The van der Waals surface area contributed by atoms with Crippen LogP contribution in [0.15, 0.2) is 60.7 Å². The smallest absolute Gasteiger partial charge is 0.441 e. The first kappa shape index (κ1) is 22.9. The summed E-state index contributed by atoms with van der Waals surface area (Å²) in [5.41, 5.74) is -2.30. The first-order valence-electron chi connectivity index (χ1n) is 9.52. The molecule has 0 aliphatic heterocycles. The number of hydrogen-bond acceptors (Lipinski definition) is 5. The molecule has 2 N–H and O–H groups in total. The maximum atomic E-state index is 14.4. The second kappa shape index (κ2) is 8.74. The van der Waals surface area contributed by atoms with Crippen LogP contribution in [-0.2, 0) is 9.53 Å². The molecule has 3 rings (SSSR count). The quantitative estimate of drug-likeness (QED) is 0.445. The number of benzene rings is 2. The monoisotopic (exact) mass is 446 g/mol. The maximum absolute atomic E-state index is 14.4. The number of nitrogens with zero attached hydrogens (tertiary/aromatic N) is 2. The molecule has 168 valence electrons. The van der Waals surface area contributed by atoms with Crippen LogP contribution in [0, 0.1) is 13.8 Å². The number of amides is 1. The van der Waals surface area contributed by atoms with Crippen molar-refractivity contribution < 1.29 is 27.5 Å². The van der Waals surface area contributed by atoms with Crippen molar-refractivity contribution in [2.75, 3.05) is 12.4 Å². The minimum Gasteiger partial charge on any atom is -0.466 e. The number of anilines is 1. The van der Waals surface area contributed by atoms with Crippen LogP contribution in [0.5, 0.6) is 0 Å². The molecule has 0 saturated heterocycles.